The van der Waals surface area contributed by atoms with Gasteiger partial charge in [-0.2, -0.15) is 0 Å². The Morgan fingerprint density at radius 2 is 1.67 bits per heavy atom. The van der Waals surface area contributed by atoms with E-state index in [1.165, 1.54) is 0 Å². The minimum absolute atomic E-state index is 0.275. The molecule has 0 heterocycles. The van der Waals surface area contributed by atoms with Crippen LogP contribution in [0.3, 0.4) is 0 Å². The van der Waals surface area contributed by atoms with Gasteiger partial charge in [0.15, 0.2) is 0 Å². The topological polar surface area (TPSA) is 37.0 Å². The quantitative estimate of drug-likeness (QED) is 0.601. The normalized spacial score (nSPS) is 13.9. The van der Waals surface area contributed by atoms with Crippen LogP contribution in [0.4, 0.5) is 0 Å². The van der Waals surface area contributed by atoms with Gasteiger partial charge in [-0.1, -0.05) is 47.0 Å². The van der Waals surface area contributed by atoms with Gasteiger partial charge in [-0.15, -0.1) is 0 Å². The van der Waals surface area contributed by atoms with Gasteiger partial charge in [0.25, 0.3) is 0 Å². The monoisotopic (exact) mass is 213 g/mol. The molecule has 15 heavy (non-hydrogen) atoms. The van der Waals surface area contributed by atoms with Gasteiger partial charge in [0.05, 0.1) is 5.41 Å². The molecule has 0 rings (SSSR count). The molecule has 1 atom stereocenters. The van der Waals surface area contributed by atoms with Crippen molar-refractivity contribution in [1.29, 1.82) is 0 Å². The maximum Gasteiger partial charge on any atom is 0.361 e. The first-order chi connectivity index (χ1) is 7.08. The zero-order valence-corrected chi connectivity index (χ0v) is 10.6. The molecule has 0 bridgehead atoms. The van der Waals surface area contributed by atoms with Crippen LogP contribution in [0.2, 0.25) is 0 Å². The second-order valence-corrected chi connectivity index (χ2v) is 4.40. The average molecular weight is 213 g/mol. The van der Waals surface area contributed by atoms with E-state index in [0.29, 0.717) is 12.8 Å². The first-order valence-electron chi connectivity index (χ1n) is 6.30. The predicted octanol–water partition coefficient (Wildman–Crippen LogP) is 3.97. The van der Waals surface area contributed by atoms with Crippen molar-refractivity contribution in [3.8, 4) is 0 Å². The van der Waals surface area contributed by atoms with Crippen LogP contribution in [0.5, 0.6) is 0 Å². The van der Waals surface area contributed by atoms with Crippen LogP contribution in [0.1, 0.15) is 66.2 Å². The lowest BCUT2D eigenvalue weighted by Crippen LogP contribution is -2.37. The Hall–Kier alpha value is -0.530. The summed E-state index contributed by atoms with van der Waals surface area (Å²) in [6.07, 6.45) is 5.58. The number of rotatable bonds is 8. The van der Waals surface area contributed by atoms with Crippen molar-refractivity contribution in [2.24, 2.45) is 11.3 Å². The first kappa shape index (κ1) is 14.5. The summed E-state index contributed by atoms with van der Waals surface area (Å²) in [6, 6.07) is 0. The van der Waals surface area contributed by atoms with Gasteiger partial charge in [0, 0.05) is 0 Å². The van der Waals surface area contributed by atoms with Gasteiger partial charge >= 0.3 is 5.97 Å². The van der Waals surface area contributed by atoms with Gasteiger partial charge in [-0.25, -0.2) is 9.90 Å². The molecule has 1 unspecified atom stereocenters. The third-order valence-electron chi connectivity index (χ3n) is 3.85. The lowest BCUT2D eigenvalue weighted by Gasteiger charge is -2.34. The molecule has 89 valence electrons. The Balaban J connectivity index is 4.75. The maximum atomic E-state index is 11.3. The molecule has 0 aliphatic heterocycles. The number of carbonyl (C=O) groups excluding carboxylic acids is 1. The number of carbonyl (C=O) groups is 1. The molecule has 0 N–H and O–H groups in total. The van der Waals surface area contributed by atoms with Crippen molar-refractivity contribution in [3.63, 3.8) is 0 Å². The van der Waals surface area contributed by atoms with Crippen LogP contribution >= 0.6 is 0 Å². The average Bonchev–Trinajstić information content (AvgIpc) is 2.24. The molecule has 0 aliphatic rings. The molecule has 0 aromatic carbocycles. The largest absolute Gasteiger partial charge is 0.361 e. The van der Waals surface area contributed by atoms with Crippen LogP contribution in [0.25, 0.3) is 0 Å². The number of hydrogen-bond acceptors (Lipinski definition) is 1. The van der Waals surface area contributed by atoms with E-state index in [9.17, 15) is 9.90 Å². The molecule has 0 aromatic rings. The van der Waals surface area contributed by atoms with Crippen molar-refractivity contribution in [2.75, 3.05) is 0 Å². The Morgan fingerprint density at radius 1 is 1.13 bits per heavy atom. The highest BCUT2D eigenvalue weighted by atomic mass is 16.4. The fourth-order valence-corrected chi connectivity index (χ4v) is 2.60. The summed E-state index contributed by atoms with van der Waals surface area (Å²) in [4.78, 5) is 11.3. The fraction of sp³-hybridized carbons (Fsp3) is 0.923. The van der Waals surface area contributed by atoms with Crippen molar-refractivity contribution < 1.29 is 9.90 Å². The zero-order valence-electron chi connectivity index (χ0n) is 10.6. The number of hydrogen-bond donors (Lipinski definition) is 0. The molecule has 0 spiro atoms. The lowest BCUT2D eigenvalue weighted by atomic mass is 9.68. The Morgan fingerprint density at radius 3 is 1.93 bits per heavy atom. The lowest BCUT2D eigenvalue weighted by molar-refractivity contribution is -0.160. The molecule has 0 saturated heterocycles. The highest BCUT2D eigenvalue weighted by Crippen LogP contribution is 2.40. The smallest absolute Gasteiger partial charge is 0.247 e. The minimum Gasteiger partial charge on any atom is -0.247 e. The summed E-state index contributed by atoms with van der Waals surface area (Å²) < 4.78 is 0. The summed E-state index contributed by atoms with van der Waals surface area (Å²) in [7, 11) is 0. The van der Waals surface area contributed by atoms with Crippen LogP contribution in [0, 0.1) is 11.3 Å². The molecule has 2 heteroatoms. The third-order valence-corrected chi connectivity index (χ3v) is 3.85. The molecular formula is C13H25O2. The third kappa shape index (κ3) is 3.22. The van der Waals surface area contributed by atoms with E-state index in [1.807, 2.05) is 13.8 Å². The van der Waals surface area contributed by atoms with Crippen molar-refractivity contribution in [2.45, 2.75) is 66.2 Å². The second kappa shape index (κ2) is 6.86. The fourth-order valence-electron chi connectivity index (χ4n) is 2.60. The van der Waals surface area contributed by atoms with Crippen LogP contribution in [-0.2, 0) is 9.90 Å². The molecule has 0 aliphatic carbocycles. The minimum atomic E-state index is -0.851. The highest BCUT2D eigenvalue weighted by Gasteiger charge is 2.42. The number of unbranched alkanes of at least 4 members (excludes halogenated alkanes) is 1. The van der Waals surface area contributed by atoms with Gasteiger partial charge in [-0.05, 0) is 25.2 Å². The van der Waals surface area contributed by atoms with E-state index in [4.69, 9.17) is 0 Å². The van der Waals surface area contributed by atoms with Gasteiger partial charge in [0.1, 0.15) is 0 Å². The van der Waals surface area contributed by atoms with Gasteiger partial charge < -0.3 is 0 Å². The van der Waals surface area contributed by atoms with Crippen molar-refractivity contribution in [3.05, 3.63) is 0 Å². The van der Waals surface area contributed by atoms with E-state index in [1.54, 1.807) is 0 Å². The van der Waals surface area contributed by atoms with Crippen LogP contribution < -0.4 is 0 Å². The summed E-state index contributed by atoms with van der Waals surface area (Å²) in [6.45, 7) is 8.16. The van der Waals surface area contributed by atoms with E-state index in [-0.39, 0.29) is 5.92 Å². The summed E-state index contributed by atoms with van der Waals surface area (Å²) >= 11 is 0. The molecule has 0 fully saturated rings. The predicted molar refractivity (Wildman–Crippen MR) is 62.0 cm³/mol. The van der Waals surface area contributed by atoms with E-state index in [2.05, 4.69) is 13.8 Å². The zero-order chi connectivity index (χ0) is 11.9. The summed E-state index contributed by atoms with van der Waals surface area (Å²) in [5, 5.41) is 11.3. The standard InChI is InChI=1S/C13H25O2/c1-5-9-10-11(6-2)13(7-3,8-4)12(14)15/h11H,5-10H2,1-4H3. The van der Waals surface area contributed by atoms with Crippen LogP contribution in [0.15, 0.2) is 0 Å². The molecular weight excluding hydrogens is 188 g/mol. The van der Waals surface area contributed by atoms with Crippen molar-refractivity contribution in [1.82, 2.24) is 0 Å². The summed E-state index contributed by atoms with van der Waals surface area (Å²) in [5.41, 5.74) is -0.593. The maximum absolute atomic E-state index is 11.3. The molecule has 0 saturated carbocycles. The second-order valence-electron chi connectivity index (χ2n) is 4.40. The Bertz CT molecular complexity index is 183. The van der Waals surface area contributed by atoms with Gasteiger partial charge in [-0.3, -0.25) is 0 Å². The Kier molecular flexibility index (Phi) is 6.62. The molecule has 0 aromatic heterocycles. The van der Waals surface area contributed by atoms with E-state index < -0.39 is 11.4 Å². The first-order valence-corrected chi connectivity index (χ1v) is 6.30. The molecule has 0 amide bonds. The SMILES string of the molecule is CCCCC(CC)C(CC)(CC)C([O])=O. The highest BCUT2D eigenvalue weighted by molar-refractivity contribution is 5.74. The Labute approximate surface area is 94.1 Å². The molecule has 1 radical (unpaired) electrons. The summed E-state index contributed by atoms with van der Waals surface area (Å²) in [5.74, 6) is -0.576. The van der Waals surface area contributed by atoms with Crippen LogP contribution in [-0.4, -0.2) is 5.97 Å². The molecule has 2 nitrogen and oxygen atoms in total. The van der Waals surface area contributed by atoms with E-state index >= 15 is 0 Å². The van der Waals surface area contributed by atoms with Crippen molar-refractivity contribution >= 4 is 5.97 Å². The van der Waals surface area contributed by atoms with E-state index in [0.717, 1.165) is 25.7 Å². The van der Waals surface area contributed by atoms with Gasteiger partial charge in [0.2, 0.25) is 0 Å².